The van der Waals surface area contributed by atoms with E-state index in [9.17, 15) is 18.0 Å². The molecule has 0 unspecified atom stereocenters. The first-order valence-corrected chi connectivity index (χ1v) is 12.6. The number of benzene rings is 1. The van der Waals surface area contributed by atoms with Gasteiger partial charge in [0.05, 0.1) is 12.1 Å². The van der Waals surface area contributed by atoms with Gasteiger partial charge in [0.15, 0.2) is 11.0 Å². The Morgan fingerprint density at radius 3 is 2.18 bits per heavy atom. The van der Waals surface area contributed by atoms with Gasteiger partial charge < -0.3 is 5.32 Å². The minimum absolute atomic E-state index is 0.0987. The molecule has 9 heteroatoms. The molecule has 1 aromatic heterocycles. The molecular weight excluding hydrogens is 449 g/mol. The average molecular weight is 479 g/mol. The van der Waals surface area contributed by atoms with Crippen molar-refractivity contribution in [3.63, 3.8) is 0 Å². The highest BCUT2D eigenvalue weighted by atomic mass is 32.2. The first-order valence-electron chi connectivity index (χ1n) is 11.7. The Hall–Kier alpha value is -2.03. The molecule has 4 aliphatic rings. The third kappa shape index (κ3) is 4.40. The van der Waals surface area contributed by atoms with Crippen molar-refractivity contribution in [2.45, 2.75) is 75.5 Å². The van der Waals surface area contributed by atoms with E-state index >= 15 is 0 Å². The van der Waals surface area contributed by atoms with Crippen molar-refractivity contribution >= 4 is 17.7 Å². The molecule has 4 fully saturated rings. The third-order valence-electron chi connectivity index (χ3n) is 7.42. The summed E-state index contributed by atoms with van der Waals surface area (Å²) in [5, 5.41) is 12.5. The zero-order chi connectivity index (χ0) is 23.4. The fourth-order valence-corrected chi connectivity index (χ4v) is 7.32. The summed E-state index contributed by atoms with van der Waals surface area (Å²) in [6.45, 7) is 4.24. The molecular formula is C24H29F3N4OS. The van der Waals surface area contributed by atoms with Crippen LogP contribution in [0, 0.1) is 23.2 Å². The lowest BCUT2D eigenvalue weighted by atomic mass is 9.49. The van der Waals surface area contributed by atoms with E-state index in [1.807, 2.05) is 13.8 Å². The summed E-state index contributed by atoms with van der Waals surface area (Å²) in [6.07, 6.45) is 2.34. The zero-order valence-corrected chi connectivity index (χ0v) is 19.7. The van der Waals surface area contributed by atoms with Gasteiger partial charge in [0.25, 0.3) is 0 Å². The molecule has 1 amide bonds. The summed E-state index contributed by atoms with van der Waals surface area (Å²) in [5.41, 5.74) is -0.409. The Labute approximate surface area is 195 Å². The Morgan fingerprint density at radius 1 is 1.09 bits per heavy atom. The highest BCUT2D eigenvalue weighted by Crippen LogP contribution is 2.60. The van der Waals surface area contributed by atoms with Gasteiger partial charge in [-0.05, 0) is 80.5 Å². The maximum Gasteiger partial charge on any atom is 0.416 e. The number of carbonyl (C=O) groups is 1. The highest BCUT2D eigenvalue weighted by molar-refractivity contribution is 7.99. The molecule has 1 aromatic carbocycles. The van der Waals surface area contributed by atoms with Gasteiger partial charge in [-0.3, -0.25) is 9.36 Å². The van der Waals surface area contributed by atoms with Crippen LogP contribution in [-0.4, -0.2) is 25.9 Å². The summed E-state index contributed by atoms with van der Waals surface area (Å²) in [7, 11) is 0. The molecule has 0 aliphatic heterocycles. The topological polar surface area (TPSA) is 59.8 Å². The van der Waals surface area contributed by atoms with Crippen LogP contribution in [0.15, 0.2) is 29.4 Å². The minimum atomic E-state index is -4.39. The largest absolute Gasteiger partial charge is 0.416 e. The number of carbonyl (C=O) groups excluding carboxylic acids is 1. The highest BCUT2D eigenvalue weighted by Gasteiger charge is 2.54. The van der Waals surface area contributed by atoms with Crippen LogP contribution in [0.4, 0.5) is 13.2 Å². The first kappa shape index (κ1) is 22.7. The third-order valence-corrected chi connectivity index (χ3v) is 8.37. The summed E-state index contributed by atoms with van der Waals surface area (Å²) in [6, 6.07) is 5.00. The summed E-state index contributed by atoms with van der Waals surface area (Å²) < 4.78 is 40.8. The van der Waals surface area contributed by atoms with Gasteiger partial charge in [0, 0.05) is 16.4 Å². The van der Waals surface area contributed by atoms with Crippen LogP contribution in [0.3, 0.4) is 0 Å². The molecule has 0 saturated heterocycles. The smallest absolute Gasteiger partial charge is 0.348 e. The second-order valence-corrected chi connectivity index (χ2v) is 11.9. The van der Waals surface area contributed by atoms with Crippen LogP contribution in [0.5, 0.6) is 0 Å². The van der Waals surface area contributed by atoms with Crippen LogP contribution < -0.4 is 5.32 Å². The van der Waals surface area contributed by atoms with E-state index in [2.05, 4.69) is 15.5 Å². The predicted octanol–water partition coefficient (Wildman–Crippen LogP) is 5.62. The lowest BCUT2D eigenvalue weighted by molar-refractivity contribution is -0.146. The van der Waals surface area contributed by atoms with E-state index in [-0.39, 0.29) is 23.1 Å². The number of hydrogen-bond acceptors (Lipinski definition) is 4. The normalized spacial score (nSPS) is 28.5. The van der Waals surface area contributed by atoms with E-state index < -0.39 is 11.7 Å². The minimum Gasteiger partial charge on any atom is -0.348 e. The van der Waals surface area contributed by atoms with Crippen LogP contribution in [-0.2, 0) is 17.5 Å². The van der Waals surface area contributed by atoms with E-state index in [1.165, 1.54) is 43.2 Å². The number of aromatic nitrogens is 3. The van der Waals surface area contributed by atoms with Crippen molar-refractivity contribution in [3.05, 3.63) is 35.7 Å². The monoisotopic (exact) mass is 478 g/mol. The van der Waals surface area contributed by atoms with Crippen LogP contribution in [0.25, 0.3) is 5.69 Å². The zero-order valence-electron chi connectivity index (χ0n) is 18.9. The van der Waals surface area contributed by atoms with Gasteiger partial charge in [-0.1, -0.05) is 25.6 Å². The molecule has 6 rings (SSSR count). The van der Waals surface area contributed by atoms with Crippen molar-refractivity contribution in [2.24, 2.45) is 23.2 Å². The number of alkyl halides is 3. The van der Waals surface area contributed by atoms with E-state index in [0.29, 0.717) is 34.4 Å². The SMILES string of the molecule is CC(C)Sc1nnc(CNC(=O)C23CC4CC(CC(C4)C2)C3)n1-c1ccc(C(F)(F)F)cc1. The van der Waals surface area contributed by atoms with Crippen molar-refractivity contribution in [1.29, 1.82) is 0 Å². The predicted molar refractivity (Wildman–Crippen MR) is 120 cm³/mol. The molecule has 0 radical (unpaired) electrons. The summed E-state index contributed by atoms with van der Waals surface area (Å²) in [5.74, 6) is 2.64. The number of thioether (sulfide) groups is 1. The average Bonchev–Trinajstić information content (AvgIpc) is 3.12. The van der Waals surface area contributed by atoms with Gasteiger partial charge in [0.1, 0.15) is 0 Å². The number of hydrogen-bond donors (Lipinski definition) is 1. The van der Waals surface area contributed by atoms with Crippen molar-refractivity contribution < 1.29 is 18.0 Å². The van der Waals surface area contributed by atoms with Gasteiger partial charge in [-0.2, -0.15) is 13.2 Å². The second kappa shape index (κ2) is 8.32. The molecule has 4 bridgehead atoms. The van der Waals surface area contributed by atoms with Gasteiger partial charge >= 0.3 is 6.18 Å². The molecule has 4 aliphatic carbocycles. The van der Waals surface area contributed by atoms with Crippen LogP contribution in [0.1, 0.15) is 63.8 Å². The van der Waals surface area contributed by atoms with E-state index in [0.717, 1.165) is 31.4 Å². The molecule has 33 heavy (non-hydrogen) atoms. The molecule has 2 aromatic rings. The van der Waals surface area contributed by atoms with Crippen LogP contribution >= 0.6 is 11.8 Å². The quantitative estimate of drug-likeness (QED) is 0.548. The van der Waals surface area contributed by atoms with Gasteiger partial charge in [-0.15, -0.1) is 10.2 Å². The number of amides is 1. The molecule has 1 N–H and O–H groups in total. The van der Waals surface area contributed by atoms with Crippen molar-refractivity contribution in [3.8, 4) is 5.69 Å². The van der Waals surface area contributed by atoms with Gasteiger partial charge in [0.2, 0.25) is 5.91 Å². The fourth-order valence-electron chi connectivity index (χ4n) is 6.50. The lowest BCUT2D eigenvalue weighted by Crippen LogP contribution is -2.53. The number of nitrogens with zero attached hydrogens (tertiary/aromatic N) is 3. The van der Waals surface area contributed by atoms with E-state index in [1.54, 1.807) is 4.57 Å². The Bertz CT molecular complexity index is 996. The van der Waals surface area contributed by atoms with Crippen molar-refractivity contribution in [1.82, 2.24) is 20.1 Å². The second-order valence-electron chi connectivity index (χ2n) is 10.3. The standard InChI is InChI=1S/C24H29F3N4OS/c1-14(2)33-22-30-29-20(31(22)19-5-3-18(4-6-19)24(25,26)27)13-28-21(32)23-10-15-7-16(11-23)9-17(8-15)12-23/h3-6,14-17H,7-13H2,1-2H3,(H,28,32). The molecule has 0 spiro atoms. The molecule has 0 atom stereocenters. The first-order chi connectivity index (χ1) is 15.6. The fraction of sp³-hybridized carbons (Fsp3) is 0.625. The lowest BCUT2D eigenvalue weighted by Gasteiger charge is -2.55. The number of rotatable bonds is 6. The Balaban J connectivity index is 1.37. The Morgan fingerprint density at radius 2 is 1.67 bits per heavy atom. The number of halogens is 3. The maximum atomic E-state index is 13.4. The molecule has 5 nitrogen and oxygen atoms in total. The maximum absolute atomic E-state index is 13.4. The Kier molecular flexibility index (Phi) is 5.74. The van der Waals surface area contributed by atoms with E-state index in [4.69, 9.17) is 0 Å². The summed E-state index contributed by atoms with van der Waals surface area (Å²) >= 11 is 1.49. The van der Waals surface area contributed by atoms with Crippen molar-refractivity contribution in [2.75, 3.05) is 0 Å². The van der Waals surface area contributed by atoms with Gasteiger partial charge in [-0.25, -0.2) is 0 Å². The number of nitrogens with one attached hydrogen (secondary N) is 1. The van der Waals surface area contributed by atoms with Crippen LogP contribution in [0.2, 0.25) is 0 Å². The molecule has 4 saturated carbocycles. The molecule has 178 valence electrons. The molecule has 1 heterocycles. The summed E-state index contributed by atoms with van der Waals surface area (Å²) in [4.78, 5) is 13.4.